The van der Waals surface area contributed by atoms with Gasteiger partial charge in [0.15, 0.2) is 0 Å². The van der Waals surface area contributed by atoms with Crippen molar-refractivity contribution in [1.82, 2.24) is 25.5 Å². The third kappa shape index (κ3) is 4.15. The van der Waals surface area contributed by atoms with Gasteiger partial charge in [-0.2, -0.15) is 5.10 Å². The Kier molecular flexibility index (Phi) is 6.12. The van der Waals surface area contributed by atoms with Crippen LogP contribution in [0.2, 0.25) is 0 Å². The second-order valence-corrected chi connectivity index (χ2v) is 10.1. The van der Waals surface area contributed by atoms with Crippen LogP contribution in [0.1, 0.15) is 48.4 Å². The molecular formula is C29H31N5O3. The number of carbonyl (C=O) groups excluding carboxylic acids is 1. The van der Waals surface area contributed by atoms with Gasteiger partial charge >= 0.3 is 0 Å². The van der Waals surface area contributed by atoms with Gasteiger partial charge in [-0.1, -0.05) is 18.2 Å². The average molecular weight is 498 g/mol. The number of pyridine rings is 2. The molecule has 0 radical (unpaired) electrons. The average Bonchev–Trinajstić information content (AvgIpc) is 3.70. The zero-order valence-corrected chi connectivity index (χ0v) is 21.1. The molecule has 2 aliphatic rings. The number of nitrogens with zero attached hydrogens (tertiary/aromatic N) is 3. The van der Waals surface area contributed by atoms with Crippen molar-refractivity contribution in [3.63, 3.8) is 0 Å². The molecule has 3 atom stereocenters. The highest BCUT2D eigenvalue weighted by Crippen LogP contribution is 2.41. The molecule has 2 aliphatic carbocycles. The first kappa shape index (κ1) is 23.6. The zero-order chi connectivity index (χ0) is 25.5. The Morgan fingerprint density at radius 3 is 2.86 bits per heavy atom. The van der Waals surface area contributed by atoms with E-state index in [0.29, 0.717) is 0 Å². The van der Waals surface area contributed by atoms with Crippen LogP contribution in [0.15, 0.2) is 42.6 Å². The highest BCUT2D eigenvalue weighted by atomic mass is 16.5. The van der Waals surface area contributed by atoms with E-state index in [2.05, 4.69) is 33.7 Å². The summed E-state index contributed by atoms with van der Waals surface area (Å²) in [6.07, 6.45) is 6.67. The van der Waals surface area contributed by atoms with Crippen LogP contribution < -0.4 is 10.1 Å². The maximum Gasteiger partial charge on any atom is 0.248 e. The fourth-order valence-corrected chi connectivity index (χ4v) is 6.04. The number of ether oxygens (including phenoxy) is 1. The molecule has 1 amide bonds. The molecular weight excluding hydrogens is 466 g/mol. The van der Waals surface area contributed by atoms with Crippen molar-refractivity contribution in [1.29, 1.82) is 0 Å². The van der Waals surface area contributed by atoms with E-state index in [1.54, 1.807) is 14.2 Å². The minimum Gasteiger partial charge on any atom is -0.494 e. The topological polar surface area (TPSA) is 113 Å². The quantitative estimate of drug-likeness (QED) is 0.368. The molecule has 190 valence electrons. The number of likely N-dealkylation sites (N-methyl/N-ethyl adjacent to an activating group) is 1. The van der Waals surface area contributed by atoms with Crippen molar-refractivity contribution in [2.24, 2.45) is 5.92 Å². The summed E-state index contributed by atoms with van der Waals surface area (Å²) in [6, 6.07) is 12.5. The number of rotatable bonds is 6. The first-order chi connectivity index (χ1) is 18.1. The molecule has 1 aromatic carbocycles. The molecule has 0 saturated heterocycles. The third-order valence-corrected chi connectivity index (χ3v) is 8.03. The lowest BCUT2D eigenvalue weighted by Gasteiger charge is -2.16. The number of nitrogens with one attached hydrogen (secondary N) is 2. The Labute approximate surface area is 215 Å². The molecule has 0 spiro atoms. The molecule has 1 saturated carbocycles. The fourth-order valence-electron chi connectivity index (χ4n) is 6.04. The standard InChI is InChI=1S/C29H31N5O3/c1-30-29(36)28(35)18-10-9-17(13-18)22-12-11-19(15-31-22)25-27-23(33-34-25)14-24(37-2)26(32-27)21-8-4-6-16-5-3-7-20(16)21/h4,6,8,11-12,14-15,17-18,28,35H,3,5,7,9-10,13H2,1-2H3,(H,30,36)(H,33,34). The predicted octanol–water partition coefficient (Wildman–Crippen LogP) is 4.17. The number of aromatic nitrogens is 4. The van der Waals surface area contributed by atoms with Crippen LogP contribution in [0, 0.1) is 5.92 Å². The van der Waals surface area contributed by atoms with Gasteiger partial charge in [0.1, 0.15) is 28.8 Å². The SMILES string of the molecule is CNC(=O)C(O)C1CCC(c2ccc(-c3n[nH]c4cc(OC)c(-c5cccc6c5CCC6)nc34)cn2)C1. The molecule has 3 heterocycles. The van der Waals surface area contributed by atoms with Crippen molar-refractivity contribution in [2.45, 2.75) is 50.5 Å². The summed E-state index contributed by atoms with van der Waals surface area (Å²) in [5, 5.41) is 20.5. The lowest BCUT2D eigenvalue weighted by atomic mass is 9.96. The van der Waals surface area contributed by atoms with E-state index >= 15 is 0 Å². The number of aryl methyl sites for hydroxylation is 1. The van der Waals surface area contributed by atoms with E-state index in [-0.39, 0.29) is 17.7 Å². The van der Waals surface area contributed by atoms with E-state index in [0.717, 1.165) is 77.1 Å². The van der Waals surface area contributed by atoms with Crippen LogP contribution in [0.25, 0.3) is 33.5 Å². The number of methoxy groups -OCH3 is 1. The first-order valence-corrected chi connectivity index (χ1v) is 13.0. The monoisotopic (exact) mass is 497 g/mol. The molecule has 3 unspecified atom stereocenters. The maximum atomic E-state index is 11.8. The van der Waals surface area contributed by atoms with Gasteiger partial charge in [0.05, 0.1) is 12.6 Å². The van der Waals surface area contributed by atoms with Crippen LogP contribution >= 0.6 is 0 Å². The maximum absolute atomic E-state index is 11.8. The molecule has 4 aromatic rings. The normalized spacial score (nSPS) is 19.6. The second-order valence-electron chi connectivity index (χ2n) is 10.1. The number of hydrogen-bond donors (Lipinski definition) is 3. The van der Waals surface area contributed by atoms with Gasteiger partial charge in [-0.3, -0.25) is 14.9 Å². The van der Waals surface area contributed by atoms with E-state index in [1.165, 1.54) is 17.5 Å². The summed E-state index contributed by atoms with van der Waals surface area (Å²) in [5.74, 6) is 0.594. The van der Waals surface area contributed by atoms with Crippen molar-refractivity contribution in [3.8, 4) is 28.3 Å². The Hall–Kier alpha value is -3.78. The number of benzene rings is 1. The number of H-pyrrole nitrogens is 1. The van der Waals surface area contributed by atoms with Crippen molar-refractivity contribution < 1.29 is 14.6 Å². The molecule has 0 aliphatic heterocycles. The molecule has 8 nitrogen and oxygen atoms in total. The zero-order valence-electron chi connectivity index (χ0n) is 21.1. The summed E-state index contributed by atoms with van der Waals surface area (Å²) < 4.78 is 5.74. The summed E-state index contributed by atoms with van der Waals surface area (Å²) in [7, 11) is 3.23. The Morgan fingerprint density at radius 1 is 1.19 bits per heavy atom. The van der Waals surface area contributed by atoms with Crippen molar-refractivity contribution in [2.75, 3.05) is 14.2 Å². The van der Waals surface area contributed by atoms with Gasteiger partial charge in [-0.25, -0.2) is 4.98 Å². The fraction of sp³-hybridized carbons (Fsp3) is 0.379. The van der Waals surface area contributed by atoms with Gasteiger partial charge in [0.2, 0.25) is 5.91 Å². The lowest BCUT2D eigenvalue weighted by molar-refractivity contribution is -0.131. The Balaban J connectivity index is 1.31. The number of hydrogen-bond acceptors (Lipinski definition) is 6. The van der Waals surface area contributed by atoms with Crippen LogP contribution in [-0.4, -0.2) is 51.4 Å². The Morgan fingerprint density at radius 2 is 2.08 bits per heavy atom. The van der Waals surface area contributed by atoms with Crippen LogP contribution in [0.4, 0.5) is 0 Å². The van der Waals surface area contributed by atoms with Crippen molar-refractivity contribution >= 4 is 16.9 Å². The molecule has 37 heavy (non-hydrogen) atoms. The summed E-state index contributed by atoms with van der Waals surface area (Å²) in [5.41, 5.74) is 8.94. The first-order valence-electron chi connectivity index (χ1n) is 13.0. The molecule has 1 fully saturated rings. The van der Waals surface area contributed by atoms with Crippen molar-refractivity contribution in [3.05, 3.63) is 59.4 Å². The van der Waals surface area contributed by atoms with Gasteiger partial charge in [0, 0.05) is 42.0 Å². The summed E-state index contributed by atoms with van der Waals surface area (Å²) in [6.45, 7) is 0. The minimum atomic E-state index is -0.965. The number of aliphatic hydroxyl groups excluding tert-OH is 1. The smallest absolute Gasteiger partial charge is 0.248 e. The van der Waals surface area contributed by atoms with E-state index in [1.807, 2.05) is 24.4 Å². The molecule has 6 rings (SSSR count). The third-order valence-electron chi connectivity index (χ3n) is 8.03. The molecule has 3 aromatic heterocycles. The lowest BCUT2D eigenvalue weighted by Crippen LogP contribution is -2.36. The highest BCUT2D eigenvalue weighted by Gasteiger charge is 2.34. The van der Waals surface area contributed by atoms with E-state index in [4.69, 9.17) is 14.7 Å². The molecule has 3 N–H and O–H groups in total. The van der Waals surface area contributed by atoms with Gasteiger partial charge in [0.25, 0.3) is 0 Å². The Bertz CT molecular complexity index is 1460. The van der Waals surface area contributed by atoms with Gasteiger partial charge in [-0.15, -0.1) is 0 Å². The van der Waals surface area contributed by atoms with Crippen LogP contribution in [-0.2, 0) is 17.6 Å². The molecule has 8 heteroatoms. The highest BCUT2D eigenvalue weighted by molar-refractivity contribution is 5.93. The minimum absolute atomic E-state index is 0.0428. The number of carbonyl (C=O) groups is 1. The molecule has 0 bridgehead atoms. The van der Waals surface area contributed by atoms with E-state index in [9.17, 15) is 9.90 Å². The number of aromatic amines is 1. The largest absolute Gasteiger partial charge is 0.494 e. The van der Waals surface area contributed by atoms with Crippen LogP contribution in [0.3, 0.4) is 0 Å². The van der Waals surface area contributed by atoms with Crippen LogP contribution in [0.5, 0.6) is 5.75 Å². The number of fused-ring (bicyclic) bond motifs is 2. The number of amides is 1. The summed E-state index contributed by atoms with van der Waals surface area (Å²) >= 11 is 0. The second kappa shape index (κ2) is 9.59. The summed E-state index contributed by atoms with van der Waals surface area (Å²) in [4.78, 5) is 21.7. The van der Waals surface area contributed by atoms with E-state index < -0.39 is 6.10 Å². The number of aliphatic hydroxyl groups is 1. The van der Waals surface area contributed by atoms with Gasteiger partial charge < -0.3 is 15.2 Å². The van der Waals surface area contributed by atoms with Gasteiger partial charge in [-0.05, 0) is 67.7 Å². The predicted molar refractivity (Wildman–Crippen MR) is 141 cm³/mol.